The van der Waals surface area contributed by atoms with Gasteiger partial charge in [0.05, 0.1) is 12.6 Å². The first-order valence-electron chi connectivity index (χ1n) is 12.4. The van der Waals surface area contributed by atoms with Crippen LogP contribution in [0.15, 0.2) is 12.4 Å². The van der Waals surface area contributed by atoms with Gasteiger partial charge in [0.25, 0.3) is 0 Å². The number of hydrogen-bond acceptors (Lipinski definition) is 7. The van der Waals surface area contributed by atoms with Gasteiger partial charge in [0, 0.05) is 62.4 Å². The van der Waals surface area contributed by atoms with Crippen molar-refractivity contribution in [2.24, 2.45) is 5.92 Å². The maximum absolute atomic E-state index is 5.23. The van der Waals surface area contributed by atoms with E-state index in [1.165, 1.54) is 55.7 Å². The lowest BCUT2D eigenvalue weighted by molar-refractivity contribution is 0.133. The standard InChI is InChI=1S/C25H36N6O/c1-18-21-6-5-12-31(16-19-8-9-19)25(21)29-24(28-18)22-7-3-4-11-30(22)17-20-14-26-23(27-15-20)10-13-32-2/h14-15,19,22H,3-13,16-17H2,1-2H3. The Labute approximate surface area is 191 Å². The zero-order valence-corrected chi connectivity index (χ0v) is 19.6. The van der Waals surface area contributed by atoms with Crippen LogP contribution in [0, 0.1) is 12.8 Å². The largest absolute Gasteiger partial charge is 0.384 e. The second-order valence-electron chi connectivity index (χ2n) is 9.69. The van der Waals surface area contributed by atoms with Crippen LogP contribution in [0.25, 0.3) is 0 Å². The Hall–Kier alpha value is -2.12. The van der Waals surface area contributed by atoms with E-state index in [2.05, 4.69) is 26.7 Å². The van der Waals surface area contributed by atoms with E-state index < -0.39 is 0 Å². The molecule has 0 N–H and O–H groups in total. The number of aromatic nitrogens is 4. The quantitative estimate of drug-likeness (QED) is 0.626. The lowest BCUT2D eigenvalue weighted by Crippen LogP contribution is -2.36. The summed E-state index contributed by atoms with van der Waals surface area (Å²) in [5.41, 5.74) is 3.72. The highest BCUT2D eigenvalue weighted by Crippen LogP contribution is 2.37. The number of anilines is 1. The molecule has 2 fully saturated rings. The first-order chi connectivity index (χ1) is 15.7. The third kappa shape index (κ3) is 4.94. The van der Waals surface area contributed by atoms with Crippen LogP contribution in [0.3, 0.4) is 0 Å². The van der Waals surface area contributed by atoms with Gasteiger partial charge in [-0.05, 0) is 57.9 Å². The molecule has 2 aliphatic heterocycles. The highest BCUT2D eigenvalue weighted by atomic mass is 16.5. The Balaban J connectivity index is 1.36. The lowest BCUT2D eigenvalue weighted by Gasteiger charge is -2.36. The average molecular weight is 437 g/mol. The molecule has 0 spiro atoms. The fourth-order valence-corrected chi connectivity index (χ4v) is 5.14. The molecule has 5 rings (SSSR count). The number of ether oxygens (including phenoxy) is 1. The van der Waals surface area contributed by atoms with Gasteiger partial charge in [-0.25, -0.2) is 19.9 Å². The van der Waals surface area contributed by atoms with E-state index in [1.54, 1.807) is 7.11 Å². The molecule has 1 atom stereocenters. The number of piperidine rings is 1. The highest BCUT2D eigenvalue weighted by Gasteiger charge is 2.32. The SMILES string of the molecule is COCCc1ncc(CN2CCCCC2c2nc(C)c3c(n2)N(CC2CC2)CCC3)cn1. The van der Waals surface area contributed by atoms with Crippen LogP contribution in [0.1, 0.15) is 73.0 Å². The Morgan fingerprint density at radius 1 is 1.03 bits per heavy atom. The van der Waals surface area contributed by atoms with Crippen molar-refractivity contribution >= 4 is 5.82 Å². The van der Waals surface area contributed by atoms with Crippen molar-refractivity contribution in [1.29, 1.82) is 0 Å². The molecule has 0 amide bonds. The van der Waals surface area contributed by atoms with Gasteiger partial charge in [-0.3, -0.25) is 4.90 Å². The zero-order valence-electron chi connectivity index (χ0n) is 19.6. The molecule has 4 heterocycles. The topological polar surface area (TPSA) is 67.3 Å². The molecular weight excluding hydrogens is 400 g/mol. The fourth-order valence-electron chi connectivity index (χ4n) is 5.14. The molecule has 0 aromatic carbocycles. The van der Waals surface area contributed by atoms with Crippen LogP contribution in [0.2, 0.25) is 0 Å². The minimum atomic E-state index is 0.269. The zero-order chi connectivity index (χ0) is 21.9. The summed E-state index contributed by atoms with van der Waals surface area (Å²) in [5.74, 6) is 3.95. The molecule has 0 bridgehead atoms. The molecule has 1 saturated carbocycles. The van der Waals surface area contributed by atoms with E-state index >= 15 is 0 Å². The van der Waals surface area contributed by atoms with Crippen molar-refractivity contribution < 1.29 is 4.74 Å². The van der Waals surface area contributed by atoms with Gasteiger partial charge in [0.15, 0.2) is 0 Å². The van der Waals surface area contributed by atoms with Crippen LogP contribution in [-0.2, 0) is 24.1 Å². The van der Waals surface area contributed by atoms with Crippen molar-refractivity contribution in [3.8, 4) is 0 Å². The molecule has 7 heteroatoms. The summed E-state index contributed by atoms with van der Waals surface area (Å²) >= 11 is 0. The van der Waals surface area contributed by atoms with E-state index in [1.807, 2.05) is 12.4 Å². The predicted octanol–water partition coefficient (Wildman–Crippen LogP) is 3.65. The summed E-state index contributed by atoms with van der Waals surface area (Å²) in [6.45, 7) is 7.07. The number of nitrogens with zero attached hydrogens (tertiary/aromatic N) is 6. The summed E-state index contributed by atoms with van der Waals surface area (Å²) in [7, 11) is 1.71. The Morgan fingerprint density at radius 3 is 2.66 bits per heavy atom. The Bertz CT molecular complexity index is 913. The maximum atomic E-state index is 5.23. The predicted molar refractivity (Wildman–Crippen MR) is 125 cm³/mol. The third-order valence-electron chi connectivity index (χ3n) is 7.13. The molecule has 172 valence electrons. The number of fused-ring (bicyclic) bond motifs is 1. The van der Waals surface area contributed by atoms with E-state index in [4.69, 9.17) is 14.7 Å². The number of likely N-dealkylation sites (tertiary alicyclic amines) is 1. The molecular formula is C25H36N6O. The minimum absolute atomic E-state index is 0.269. The monoisotopic (exact) mass is 436 g/mol. The van der Waals surface area contributed by atoms with Crippen molar-refractivity contribution in [2.75, 3.05) is 38.3 Å². The van der Waals surface area contributed by atoms with Crippen LogP contribution < -0.4 is 4.90 Å². The maximum Gasteiger partial charge on any atom is 0.148 e. The Morgan fingerprint density at radius 2 is 1.88 bits per heavy atom. The van der Waals surface area contributed by atoms with Crippen molar-refractivity contribution in [2.45, 2.75) is 70.9 Å². The van der Waals surface area contributed by atoms with Crippen molar-refractivity contribution in [3.63, 3.8) is 0 Å². The molecule has 3 aliphatic rings. The molecule has 2 aromatic heterocycles. The second kappa shape index (κ2) is 9.79. The summed E-state index contributed by atoms with van der Waals surface area (Å²) < 4.78 is 5.14. The Kier molecular flexibility index (Phi) is 6.64. The summed E-state index contributed by atoms with van der Waals surface area (Å²) in [6, 6.07) is 0.269. The van der Waals surface area contributed by atoms with Crippen LogP contribution >= 0.6 is 0 Å². The van der Waals surface area contributed by atoms with E-state index in [0.717, 1.165) is 62.0 Å². The van der Waals surface area contributed by atoms with E-state index in [-0.39, 0.29) is 6.04 Å². The molecule has 32 heavy (non-hydrogen) atoms. The number of hydrogen-bond donors (Lipinski definition) is 0. The molecule has 1 saturated heterocycles. The molecule has 7 nitrogen and oxygen atoms in total. The second-order valence-corrected chi connectivity index (χ2v) is 9.69. The van der Waals surface area contributed by atoms with Gasteiger partial charge in [-0.2, -0.15) is 0 Å². The first kappa shape index (κ1) is 21.7. The van der Waals surface area contributed by atoms with Crippen LogP contribution in [0.5, 0.6) is 0 Å². The van der Waals surface area contributed by atoms with Crippen LogP contribution in [-0.4, -0.2) is 58.2 Å². The van der Waals surface area contributed by atoms with E-state index in [9.17, 15) is 0 Å². The van der Waals surface area contributed by atoms with Gasteiger partial charge >= 0.3 is 0 Å². The highest BCUT2D eigenvalue weighted by molar-refractivity contribution is 5.51. The minimum Gasteiger partial charge on any atom is -0.384 e. The molecule has 1 aliphatic carbocycles. The van der Waals surface area contributed by atoms with E-state index in [0.29, 0.717) is 6.61 Å². The third-order valence-corrected chi connectivity index (χ3v) is 7.13. The number of aryl methyl sites for hydroxylation is 1. The smallest absolute Gasteiger partial charge is 0.148 e. The summed E-state index contributed by atoms with van der Waals surface area (Å²) in [5, 5.41) is 0. The van der Waals surface area contributed by atoms with Gasteiger partial charge in [0.1, 0.15) is 17.5 Å². The van der Waals surface area contributed by atoms with Gasteiger partial charge in [-0.15, -0.1) is 0 Å². The van der Waals surface area contributed by atoms with Crippen molar-refractivity contribution in [3.05, 3.63) is 40.9 Å². The number of rotatable bonds is 8. The fraction of sp³-hybridized carbons (Fsp3) is 0.680. The lowest BCUT2D eigenvalue weighted by atomic mass is 9.99. The summed E-state index contributed by atoms with van der Waals surface area (Å²) in [4.78, 5) is 24.4. The molecule has 2 aromatic rings. The summed E-state index contributed by atoms with van der Waals surface area (Å²) in [6.07, 6.45) is 13.4. The van der Waals surface area contributed by atoms with Gasteiger partial charge < -0.3 is 9.64 Å². The first-order valence-corrected chi connectivity index (χ1v) is 12.4. The number of methoxy groups -OCH3 is 1. The average Bonchev–Trinajstić information content (AvgIpc) is 3.63. The molecule has 0 radical (unpaired) electrons. The van der Waals surface area contributed by atoms with Crippen LogP contribution in [0.4, 0.5) is 5.82 Å². The van der Waals surface area contributed by atoms with Gasteiger partial charge in [-0.1, -0.05) is 6.42 Å². The van der Waals surface area contributed by atoms with Crippen molar-refractivity contribution in [1.82, 2.24) is 24.8 Å². The van der Waals surface area contributed by atoms with Gasteiger partial charge in [0.2, 0.25) is 0 Å². The molecule has 1 unspecified atom stereocenters. The normalized spacial score (nSPS) is 21.6.